The highest BCUT2D eigenvalue weighted by Crippen LogP contribution is 2.12. The fourth-order valence-corrected chi connectivity index (χ4v) is 2.08. The van der Waals surface area contributed by atoms with Crippen LogP contribution < -0.4 is 5.32 Å². The second-order valence-electron chi connectivity index (χ2n) is 3.87. The number of rotatable bonds is 6. The maximum atomic E-state index is 12.0. The van der Waals surface area contributed by atoms with Gasteiger partial charge in [0, 0.05) is 19.0 Å². The van der Waals surface area contributed by atoms with Crippen LogP contribution >= 0.6 is 11.3 Å². The maximum absolute atomic E-state index is 12.0. The standard InChI is InChI=1S/C12H17N3O4S/c1-4-13-9(16)6-15(3)11(17)8-7-20-10(14-8)12(18)19-5-2/h7H,4-6H2,1-3H3,(H,13,16). The van der Waals surface area contributed by atoms with Gasteiger partial charge in [0.15, 0.2) is 0 Å². The van der Waals surface area contributed by atoms with E-state index in [9.17, 15) is 14.4 Å². The van der Waals surface area contributed by atoms with E-state index in [4.69, 9.17) is 4.74 Å². The molecule has 110 valence electrons. The number of nitrogens with zero attached hydrogens (tertiary/aromatic N) is 2. The molecule has 2 amide bonds. The first-order chi connectivity index (χ1) is 9.49. The smallest absolute Gasteiger partial charge is 0.367 e. The van der Waals surface area contributed by atoms with Gasteiger partial charge in [0.25, 0.3) is 5.91 Å². The summed E-state index contributed by atoms with van der Waals surface area (Å²) < 4.78 is 4.80. The molecule has 20 heavy (non-hydrogen) atoms. The number of esters is 1. The maximum Gasteiger partial charge on any atom is 0.367 e. The lowest BCUT2D eigenvalue weighted by molar-refractivity contribution is -0.121. The molecular weight excluding hydrogens is 282 g/mol. The molecule has 0 aliphatic carbocycles. The summed E-state index contributed by atoms with van der Waals surface area (Å²) in [5, 5.41) is 4.20. The second kappa shape index (κ2) is 7.59. The third-order valence-electron chi connectivity index (χ3n) is 2.27. The molecule has 1 N–H and O–H groups in total. The number of nitrogens with one attached hydrogen (secondary N) is 1. The summed E-state index contributed by atoms with van der Waals surface area (Å²) in [6.07, 6.45) is 0. The summed E-state index contributed by atoms with van der Waals surface area (Å²) >= 11 is 1.04. The van der Waals surface area contributed by atoms with Crippen LogP contribution in [0, 0.1) is 0 Å². The highest BCUT2D eigenvalue weighted by Gasteiger charge is 2.20. The van der Waals surface area contributed by atoms with E-state index in [-0.39, 0.29) is 29.8 Å². The van der Waals surface area contributed by atoms with Gasteiger partial charge in [0.05, 0.1) is 13.2 Å². The Balaban J connectivity index is 2.68. The Kier molecular flexibility index (Phi) is 6.10. The van der Waals surface area contributed by atoms with Crippen LogP contribution in [-0.2, 0) is 9.53 Å². The molecule has 1 rings (SSSR count). The van der Waals surface area contributed by atoms with E-state index in [1.54, 1.807) is 13.8 Å². The minimum absolute atomic E-state index is 0.0566. The Morgan fingerprint density at radius 2 is 2.10 bits per heavy atom. The lowest BCUT2D eigenvalue weighted by Crippen LogP contribution is -2.38. The van der Waals surface area contributed by atoms with Gasteiger partial charge < -0.3 is 15.0 Å². The van der Waals surface area contributed by atoms with Gasteiger partial charge in [0.1, 0.15) is 5.69 Å². The average Bonchev–Trinajstić information content (AvgIpc) is 2.87. The minimum atomic E-state index is -0.553. The Hall–Kier alpha value is -1.96. The van der Waals surface area contributed by atoms with Gasteiger partial charge in [-0.1, -0.05) is 0 Å². The zero-order valence-corrected chi connectivity index (χ0v) is 12.5. The predicted molar refractivity (Wildman–Crippen MR) is 73.7 cm³/mol. The van der Waals surface area contributed by atoms with E-state index in [1.807, 2.05) is 0 Å². The van der Waals surface area contributed by atoms with Crippen molar-refractivity contribution in [2.75, 3.05) is 26.7 Å². The second-order valence-corrected chi connectivity index (χ2v) is 4.73. The molecule has 1 aromatic heterocycles. The van der Waals surface area contributed by atoms with Gasteiger partial charge in [0.2, 0.25) is 10.9 Å². The van der Waals surface area contributed by atoms with Crippen LogP contribution in [0.2, 0.25) is 0 Å². The third-order valence-corrected chi connectivity index (χ3v) is 3.10. The highest BCUT2D eigenvalue weighted by atomic mass is 32.1. The lowest BCUT2D eigenvalue weighted by Gasteiger charge is -2.14. The van der Waals surface area contributed by atoms with Gasteiger partial charge in [-0.05, 0) is 13.8 Å². The average molecular weight is 299 g/mol. The van der Waals surface area contributed by atoms with Crippen molar-refractivity contribution < 1.29 is 19.1 Å². The summed E-state index contributed by atoms with van der Waals surface area (Å²) in [5.74, 6) is -1.21. The molecule has 0 saturated heterocycles. The number of thiazole rings is 1. The molecule has 0 saturated carbocycles. The fourth-order valence-electron chi connectivity index (χ4n) is 1.39. The first-order valence-corrected chi connectivity index (χ1v) is 7.02. The fraction of sp³-hybridized carbons (Fsp3) is 0.500. The van der Waals surface area contributed by atoms with Crippen molar-refractivity contribution >= 4 is 29.1 Å². The summed E-state index contributed by atoms with van der Waals surface area (Å²) in [7, 11) is 1.50. The van der Waals surface area contributed by atoms with E-state index in [2.05, 4.69) is 10.3 Å². The van der Waals surface area contributed by atoms with Gasteiger partial charge >= 0.3 is 5.97 Å². The number of hydrogen-bond donors (Lipinski definition) is 1. The number of likely N-dealkylation sites (N-methyl/N-ethyl adjacent to an activating group) is 2. The van der Waals surface area contributed by atoms with Gasteiger partial charge in [-0.15, -0.1) is 11.3 Å². The van der Waals surface area contributed by atoms with Crippen LogP contribution in [0.25, 0.3) is 0 Å². The van der Waals surface area contributed by atoms with Crippen molar-refractivity contribution in [1.29, 1.82) is 0 Å². The summed E-state index contributed by atoms with van der Waals surface area (Å²) in [5.41, 5.74) is 0.129. The number of ether oxygens (including phenoxy) is 1. The molecule has 0 bridgehead atoms. The highest BCUT2D eigenvalue weighted by molar-refractivity contribution is 7.11. The van der Waals surface area contributed by atoms with Crippen LogP contribution in [0.1, 0.15) is 34.1 Å². The molecule has 0 radical (unpaired) electrons. The molecule has 1 heterocycles. The summed E-state index contributed by atoms with van der Waals surface area (Å²) in [6, 6.07) is 0. The number of aromatic nitrogens is 1. The predicted octanol–water partition coefficient (Wildman–Crippen LogP) is 0.528. The summed E-state index contributed by atoms with van der Waals surface area (Å²) in [4.78, 5) is 40.0. The van der Waals surface area contributed by atoms with Gasteiger partial charge in [-0.25, -0.2) is 9.78 Å². The molecular formula is C12H17N3O4S. The van der Waals surface area contributed by atoms with Crippen LogP contribution in [0.15, 0.2) is 5.38 Å². The minimum Gasteiger partial charge on any atom is -0.461 e. The van der Waals surface area contributed by atoms with Crippen molar-refractivity contribution in [3.63, 3.8) is 0 Å². The molecule has 7 nitrogen and oxygen atoms in total. The molecule has 0 fully saturated rings. The Morgan fingerprint density at radius 3 is 2.70 bits per heavy atom. The van der Waals surface area contributed by atoms with Crippen molar-refractivity contribution in [1.82, 2.24) is 15.2 Å². The molecule has 1 aromatic rings. The van der Waals surface area contributed by atoms with Crippen molar-refractivity contribution in [3.05, 3.63) is 16.1 Å². The van der Waals surface area contributed by atoms with Crippen LogP contribution in [0.4, 0.5) is 0 Å². The third kappa shape index (κ3) is 4.30. The van der Waals surface area contributed by atoms with E-state index in [1.165, 1.54) is 17.3 Å². The van der Waals surface area contributed by atoms with Crippen LogP contribution in [0.3, 0.4) is 0 Å². The molecule has 0 aromatic carbocycles. The first-order valence-electron chi connectivity index (χ1n) is 6.14. The molecule has 0 atom stereocenters. The normalized spacial score (nSPS) is 9.95. The SMILES string of the molecule is CCNC(=O)CN(C)C(=O)c1csc(C(=O)OCC)n1. The Bertz CT molecular complexity index is 501. The monoisotopic (exact) mass is 299 g/mol. The van der Waals surface area contributed by atoms with Crippen molar-refractivity contribution in [3.8, 4) is 0 Å². The van der Waals surface area contributed by atoms with Crippen LogP contribution in [-0.4, -0.2) is 54.4 Å². The van der Waals surface area contributed by atoms with Crippen molar-refractivity contribution in [2.45, 2.75) is 13.8 Å². The number of carbonyl (C=O) groups excluding carboxylic acids is 3. The topological polar surface area (TPSA) is 88.6 Å². The van der Waals surface area contributed by atoms with Gasteiger partial charge in [-0.2, -0.15) is 0 Å². The zero-order valence-electron chi connectivity index (χ0n) is 11.6. The molecule has 0 aliphatic rings. The quantitative estimate of drug-likeness (QED) is 0.774. The molecule has 0 unspecified atom stereocenters. The molecule has 0 spiro atoms. The first kappa shape index (κ1) is 16.1. The number of amides is 2. The van der Waals surface area contributed by atoms with E-state index >= 15 is 0 Å². The number of carbonyl (C=O) groups is 3. The largest absolute Gasteiger partial charge is 0.461 e. The van der Waals surface area contributed by atoms with E-state index in [0.29, 0.717) is 6.54 Å². The summed E-state index contributed by atoms with van der Waals surface area (Å²) in [6.45, 7) is 4.19. The molecule has 0 aliphatic heterocycles. The lowest BCUT2D eigenvalue weighted by atomic mass is 10.4. The number of hydrogen-bond acceptors (Lipinski definition) is 6. The molecule has 8 heteroatoms. The Morgan fingerprint density at radius 1 is 1.40 bits per heavy atom. The van der Waals surface area contributed by atoms with Crippen molar-refractivity contribution in [2.24, 2.45) is 0 Å². The zero-order chi connectivity index (χ0) is 15.1. The van der Waals surface area contributed by atoms with Gasteiger partial charge in [-0.3, -0.25) is 9.59 Å². The Labute approximate surface area is 120 Å². The van der Waals surface area contributed by atoms with E-state index < -0.39 is 11.9 Å². The van der Waals surface area contributed by atoms with Crippen LogP contribution in [0.5, 0.6) is 0 Å². The van der Waals surface area contributed by atoms with E-state index in [0.717, 1.165) is 11.3 Å².